The van der Waals surface area contributed by atoms with Gasteiger partial charge in [0, 0.05) is 19.4 Å². The van der Waals surface area contributed by atoms with E-state index >= 15 is 0 Å². The predicted octanol–water partition coefficient (Wildman–Crippen LogP) is 2.18. The number of hydrogen-bond acceptors (Lipinski definition) is 4. The topological polar surface area (TPSA) is 47.9 Å². The van der Waals surface area contributed by atoms with E-state index in [1.54, 1.807) is 14.2 Å². The maximum Gasteiger partial charge on any atom is 0.160 e. The van der Waals surface area contributed by atoms with E-state index in [9.17, 15) is 5.11 Å². The molecule has 1 aromatic rings. The lowest BCUT2D eigenvalue weighted by atomic mass is 9.87. The average molecular weight is 266 g/mol. The van der Waals surface area contributed by atoms with Gasteiger partial charge < -0.3 is 19.3 Å². The smallest absolute Gasteiger partial charge is 0.160 e. The molecule has 1 fully saturated rings. The maximum absolute atomic E-state index is 9.78. The first kappa shape index (κ1) is 14.2. The number of aliphatic hydroxyl groups is 1. The zero-order valence-electron chi connectivity index (χ0n) is 11.8. The van der Waals surface area contributed by atoms with Gasteiger partial charge in [-0.15, -0.1) is 0 Å². The lowest BCUT2D eigenvalue weighted by molar-refractivity contribution is -0.106. The van der Waals surface area contributed by atoms with Gasteiger partial charge in [0.05, 0.1) is 25.9 Å². The first-order valence-electron chi connectivity index (χ1n) is 6.59. The summed E-state index contributed by atoms with van der Waals surface area (Å²) >= 11 is 0. The number of methoxy groups -OCH3 is 2. The molecule has 2 atom stereocenters. The van der Waals surface area contributed by atoms with Crippen LogP contribution in [0, 0.1) is 0 Å². The van der Waals surface area contributed by atoms with Crippen molar-refractivity contribution in [3.8, 4) is 11.5 Å². The van der Waals surface area contributed by atoms with Crippen molar-refractivity contribution in [2.24, 2.45) is 0 Å². The van der Waals surface area contributed by atoms with Crippen molar-refractivity contribution in [1.82, 2.24) is 0 Å². The molecule has 2 unspecified atom stereocenters. The molecule has 0 aromatic heterocycles. The molecule has 0 spiro atoms. The number of hydrogen-bond donors (Lipinski definition) is 1. The lowest BCUT2D eigenvalue weighted by Crippen LogP contribution is -2.41. The summed E-state index contributed by atoms with van der Waals surface area (Å²) in [6.45, 7) is 2.66. The Morgan fingerprint density at radius 1 is 1.32 bits per heavy atom. The number of ether oxygens (including phenoxy) is 3. The highest BCUT2D eigenvalue weighted by Gasteiger charge is 2.32. The molecule has 4 nitrogen and oxygen atoms in total. The third-order valence-electron chi connectivity index (χ3n) is 3.60. The van der Waals surface area contributed by atoms with Crippen molar-refractivity contribution < 1.29 is 19.3 Å². The fourth-order valence-electron chi connectivity index (χ4n) is 2.65. The zero-order chi connectivity index (χ0) is 13.9. The summed E-state index contributed by atoms with van der Waals surface area (Å²) in [7, 11) is 3.25. The van der Waals surface area contributed by atoms with Crippen LogP contribution in [0.3, 0.4) is 0 Å². The van der Waals surface area contributed by atoms with Gasteiger partial charge in [0.2, 0.25) is 0 Å². The van der Waals surface area contributed by atoms with Crippen LogP contribution in [-0.2, 0) is 11.2 Å². The molecule has 2 rings (SSSR count). The van der Waals surface area contributed by atoms with Crippen LogP contribution in [0.25, 0.3) is 0 Å². The number of aliphatic hydroxyl groups excluding tert-OH is 1. The first-order valence-corrected chi connectivity index (χ1v) is 6.59. The number of rotatable bonds is 4. The molecule has 1 heterocycles. The van der Waals surface area contributed by atoms with Crippen LogP contribution in [0.4, 0.5) is 0 Å². The summed E-state index contributed by atoms with van der Waals surface area (Å²) in [4.78, 5) is 0. The third-order valence-corrected chi connectivity index (χ3v) is 3.60. The Labute approximate surface area is 114 Å². The van der Waals surface area contributed by atoms with Crippen LogP contribution in [0.5, 0.6) is 11.5 Å². The molecule has 106 valence electrons. The van der Waals surface area contributed by atoms with Crippen LogP contribution >= 0.6 is 0 Å². The first-order chi connectivity index (χ1) is 9.06. The Hall–Kier alpha value is -1.26. The van der Waals surface area contributed by atoms with Crippen molar-refractivity contribution >= 4 is 0 Å². The van der Waals surface area contributed by atoms with E-state index in [0.717, 1.165) is 29.9 Å². The molecular formula is C15H22O4. The summed E-state index contributed by atoms with van der Waals surface area (Å²) in [5.41, 5.74) is 0.811. The van der Waals surface area contributed by atoms with Crippen molar-refractivity contribution in [1.29, 1.82) is 0 Å². The molecule has 1 aliphatic heterocycles. The SMILES string of the molecule is COc1ccc(CC2(C)CC(O)CCO2)cc1OC. The minimum atomic E-state index is -0.308. The van der Waals surface area contributed by atoms with E-state index in [-0.39, 0.29) is 11.7 Å². The van der Waals surface area contributed by atoms with E-state index < -0.39 is 0 Å². The summed E-state index contributed by atoms with van der Waals surface area (Å²) in [5, 5.41) is 9.78. The van der Waals surface area contributed by atoms with Crippen LogP contribution in [-0.4, -0.2) is 37.6 Å². The molecule has 0 bridgehead atoms. The molecule has 0 aliphatic carbocycles. The Balaban J connectivity index is 2.14. The summed E-state index contributed by atoms with van der Waals surface area (Å²) < 4.78 is 16.4. The predicted molar refractivity (Wildman–Crippen MR) is 72.8 cm³/mol. The molecule has 1 saturated heterocycles. The van der Waals surface area contributed by atoms with Crippen molar-refractivity contribution in [3.05, 3.63) is 23.8 Å². The van der Waals surface area contributed by atoms with Crippen molar-refractivity contribution in [2.45, 2.75) is 37.9 Å². The van der Waals surface area contributed by atoms with Gasteiger partial charge in [-0.1, -0.05) is 6.07 Å². The van der Waals surface area contributed by atoms with Gasteiger partial charge in [-0.25, -0.2) is 0 Å². The largest absolute Gasteiger partial charge is 0.493 e. The molecular weight excluding hydrogens is 244 g/mol. The fourth-order valence-corrected chi connectivity index (χ4v) is 2.65. The summed E-state index contributed by atoms with van der Waals surface area (Å²) in [6, 6.07) is 5.88. The molecule has 0 amide bonds. The van der Waals surface area contributed by atoms with E-state index in [4.69, 9.17) is 14.2 Å². The molecule has 0 saturated carbocycles. The second-order valence-electron chi connectivity index (χ2n) is 5.31. The van der Waals surface area contributed by atoms with Crippen LogP contribution < -0.4 is 9.47 Å². The van der Waals surface area contributed by atoms with E-state index in [1.165, 1.54) is 0 Å². The van der Waals surface area contributed by atoms with Crippen LogP contribution in [0.15, 0.2) is 18.2 Å². The molecule has 4 heteroatoms. The molecule has 1 N–H and O–H groups in total. The monoisotopic (exact) mass is 266 g/mol. The highest BCUT2D eigenvalue weighted by molar-refractivity contribution is 5.43. The maximum atomic E-state index is 9.78. The van der Waals surface area contributed by atoms with Gasteiger partial charge in [-0.05, 0) is 31.0 Å². The second-order valence-corrected chi connectivity index (χ2v) is 5.31. The molecule has 1 aliphatic rings. The van der Waals surface area contributed by atoms with Crippen molar-refractivity contribution in [3.63, 3.8) is 0 Å². The van der Waals surface area contributed by atoms with E-state index in [0.29, 0.717) is 13.0 Å². The minimum absolute atomic E-state index is 0.265. The normalized spacial score (nSPS) is 27.1. The number of benzene rings is 1. The van der Waals surface area contributed by atoms with Gasteiger partial charge in [0.25, 0.3) is 0 Å². The van der Waals surface area contributed by atoms with Gasteiger partial charge >= 0.3 is 0 Å². The van der Waals surface area contributed by atoms with Gasteiger partial charge in [-0.2, -0.15) is 0 Å². The third kappa shape index (κ3) is 3.39. The molecule has 1 aromatic carbocycles. The lowest BCUT2D eigenvalue weighted by Gasteiger charge is -2.36. The second kappa shape index (κ2) is 5.80. The van der Waals surface area contributed by atoms with E-state index in [2.05, 4.69) is 0 Å². The van der Waals surface area contributed by atoms with Gasteiger partial charge in [0.15, 0.2) is 11.5 Å². The van der Waals surface area contributed by atoms with Gasteiger partial charge in [0.1, 0.15) is 0 Å². The quantitative estimate of drug-likeness (QED) is 0.907. The standard InChI is InChI=1S/C15H22O4/c1-15(10-12(16)6-7-19-15)9-11-4-5-13(17-2)14(8-11)18-3/h4-5,8,12,16H,6-7,9-10H2,1-3H3. The van der Waals surface area contributed by atoms with Crippen LogP contribution in [0.2, 0.25) is 0 Å². The Morgan fingerprint density at radius 3 is 2.68 bits per heavy atom. The summed E-state index contributed by atoms with van der Waals surface area (Å²) in [6.07, 6.45) is 1.88. The minimum Gasteiger partial charge on any atom is -0.493 e. The highest BCUT2D eigenvalue weighted by atomic mass is 16.5. The fraction of sp³-hybridized carbons (Fsp3) is 0.600. The van der Waals surface area contributed by atoms with Crippen LogP contribution in [0.1, 0.15) is 25.3 Å². The van der Waals surface area contributed by atoms with E-state index in [1.807, 2.05) is 25.1 Å². The highest BCUT2D eigenvalue weighted by Crippen LogP contribution is 2.32. The zero-order valence-corrected chi connectivity index (χ0v) is 11.8. The summed E-state index contributed by atoms with van der Waals surface area (Å²) in [5.74, 6) is 1.45. The Bertz CT molecular complexity index is 432. The molecule has 19 heavy (non-hydrogen) atoms. The molecule has 0 radical (unpaired) electrons. The average Bonchev–Trinajstić information content (AvgIpc) is 2.37. The van der Waals surface area contributed by atoms with Gasteiger partial charge in [-0.3, -0.25) is 0 Å². The Morgan fingerprint density at radius 2 is 2.05 bits per heavy atom. The van der Waals surface area contributed by atoms with Crippen molar-refractivity contribution in [2.75, 3.05) is 20.8 Å². The Kier molecular flexibility index (Phi) is 4.32.